The predicted octanol–water partition coefficient (Wildman–Crippen LogP) is 7.09. The van der Waals surface area contributed by atoms with Crippen LogP contribution in [0.2, 0.25) is 4.34 Å². The second-order valence-corrected chi connectivity index (χ2v) is 12.6. The topological polar surface area (TPSA) is 99.4 Å². The van der Waals surface area contributed by atoms with Gasteiger partial charge < -0.3 is 19.1 Å². The molecule has 43 heavy (non-hydrogen) atoms. The number of benzene rings is 2. The van der Waals surface area contributed by atoms with Gasteiger partial charge in [0.05, 0.1) is 47.7 Å². The van der Waals surface area contributed by atoms with Gasteiger partial charge in [0.1, 0.15) is 33.4 Å². The van der Waals surface area contributed by atoms with E-state index < -0.39 is 23.4 Å². The lowest BCUT2D eigenvalue weighted by Gasteiger charge is -2.28. The number of aromatic nitrogens is 4. The minimum atomic E-state index is -1.09. The monoisotopic (exact) mass is 628 g/mol. The maximum atomic E-state index is 15.6. The molecule has 0 spiro atoms. The molecule has 1 aliphatic heterocycles. The first-order valence-corrected chi connectivity index (χ1v) is 14.4. The van der Waals surface area contributed by atoms with Gasteiger partial charge in [-0.1, -0.05) is 25.4 Å². The number of fused-ring (bicyclic) bond motifs is 1. The average Bonchev–Trinajstić information content (AvgIpc) is 3.64. The molecule has 5 aromatic rings. The summed E-state index contributed by atoms with van der Waals surface area (Å²) in [6, 6.07) is 8.75. The van der Waals surface area contributed by atoms with E-state index >= 15 is 8.78 Å². The van der Waals surface area contributed by atoms with E-state index in [1.807, 2.05) is 18.4 Å². The third-order valence-electron chi connectivity index (χ3n) is 7.41. The van der Waals surface area contributed by atoms with Crippen molar-refractivity contribution in [3.63, 3.8) is 0 Å². The molecule has 0 saturated carbocycles. The second kappa shape index (κ2) is 11.3. The predicted molar refractivity (Wildman–Crippen MR) is 154 cm³/mol. The zero-order chi connectivity index (χ0) is 30.5. The van der Waals surface area contributed by atoms with Crippen molar-refractivity contribution in [1.29, 1.82) is 0 Å². The van der Waals surface area contributed by atoms with Gasteiger partial charge in [-0.3, -0.25) is 0 Å². The first kappa shape index (κ1) is 29.1. The fraction of sp³-hybridized carbons (Fsp3) is 0.267. The first-order valence-electron chi connectivity index (χ1n) is 13.2. The third kappa shape index (κ3) is 5.69. The van der Waals surface area contributed by atoms with Crippen molar-refractivity contribution in [1.82, 2.24) is 19.5 Å². The van der Waals surface area contributed by atoms with E-state index in [0.717, 1.165) is 29.5 Å². The number of hydrogen-bond acceptors (Lipinski definition) is 7. The van der Waals surface area contributed by atoms with Gasteiger partial charge in [0.2, 0.25) is 0 Å². The van der Waals surface area contributed by atoms with E-state index in [1.165, 1.54) is 24.4 Å². The van der Waals surface area contributed by atoms with Gasteiger partial charge in [-0.25, -0.2) is 32.9 Å². The van der Waals surface area contributed by atoms with Crippen LogP contribution in [0.5, 0.6) is 5.88 Å². The van der Waals surface area contributed by atoms with Crippen LogP contribution < -0.4 is 4.74 Å². The molecule has 1 fully saturated rings. The van der Waals surface area contributed by atoms with E-state index in [0.29, 0.717) is 39.4 Å². The molecule has 0 radical (unpaired) electrons. The number of aromatic carboxylic acids is 1. The number of halogens is 4. The van der Waals surface area contributed by atoms with Gasteiger partial charge in [-0.2, -0.15) is 0 Å². The maximum Gasteiger partial charge on any atom is 0.335 e. The van der Waals surface area contributed by atoms with Crippen LogP contribution in [0.3, 0.4) is 0 Å². The fourth-order valence-electron chi connectivity index (χ4n) is 5.18. The summed E-state index contributed by atoms with van der Waals surface area (Å²) >= 11 is 7.03. The molecule has 0 aliphatic carbocycles. The van der Waals surface area contributed by atoms with Crippen molar-refractivity contribution < 1.29 is 32.5 Å². The van der Waals surface area contributed by atoms with Crippen molar-refractivity contribution in [3.05, 3.63) is 92.4 Å². The summed E-state index contributed by atoms with van der Waals surface area (Å²) in [7, 11) is 0. The number of rotatable bonds is 8. The lowest BCUT2D eigenvalue weighted by Crippen LogP contribution is -2.27. The molecule has 4 heterocycles. The van der Waals surface area contributed by atoms with Crippen LogP contribution in [0.1, 0.15) is 46.6 Å². The Labute approximate surface area is 252 Å². The number of pyridine rings is 1. The van der Waals surface area contributed by atoms with E-state index in [9.17, 15) is 14.3 Å². The second-order valence-electron chi connectivity index (χ2n) is 10.9. The highest BCUT2D eigenvalue weighted by Gasteiger charge is 2.39. The lowest BCUT2D eigenvalue weighted by atomic mass is 9.87. The molecule has 1 unspecified atom stereocenters. The van der Waals surface area contributed by atoms with Gasteiger partial charge in [0, 0.05) is 17.4 Å². The standard InChI is InChI=1S/C30H24ClF3N4O4S/c1-30(2)14-41-12-24(30)38-23-8-15(29(39)40)3-5-22(23)36-26(38)9-16-7-20(34)17(10-19(16)33)21-6-4-18(32)28(37-21)42-13-27-35-11-25(31)43-27/h3-8,10-11,24H,9,12-14H2,1-2H3,(H,39,40). The van der Waals surface area contributed by atoms with Crippen molar-refractivity contribution in [3.8, 4) is 17.1 Å². The van der Waals surface area contributed by atoms with Gasteiger partial charge in [0.25, 0.3) is 5.88 Å². The summed E-state index contributed by atoms with van der Waals surface area (Å²) in [6.45, 7) is 4.78. The van der Waals surface area contributed by atoms with Crippen molar-refractivity contribution in [2.45, 2.75) is 32.9 Å². The van der Waals surface area contributed by atoms with E-state index in [1.54, 1.807) is 6.07 Å². The summed E-state index contributed by atoms with van der Waals surface area (Å²) in [4.78, 5) is 24.5. The first-order chi connectivity index (χ1) is 20.5. The van der Waals surface area contributed by atoms with Crippen LogP contribution in [0, 0.1) is 22.9 Å². The minimum Gasteiger partial charge on any atom is -0.478 e. The molecule has 8 nitrogen and oxygen atoms in total. The molecular formula is C30H24ClF3N4O4S. The Kier molecular flexibility index (Phi) is 7.61. The zero-order valence-electron chi connectivity index (χ0n) is 22.9. The summed E-state index contributed by atoms with van der Waals surface area (Å²) in [5.74, 6) is -3.29. The molecule has 6 rings (SSSR count). The average molecular weight is 629 g/mol. The molecule has 0 amide bonds. The number of carboxylic acid groups (broad SMARTS) is 1. The van der Waals surface area contributed by atoms with Crippen LogP contribution in [0.15, 0.2) is 48.7 Å². The molecule has 0 bridgehead atoms. The Balaban J connectivity index is 1.34. The summed E-state index contributed by atoms with van der Waals surface area (Å²) < 4.78 is 59.0. The van der Waals surface area contributed by atoms with E-state index in [-0.39, 0.29) is 52.7 Å². The van der Waals surface area contributed by atoms with Gasteiger partial charge in [0.15, 0.2) is 5.82 Å². The number of nitrogens with zero attached hydrogens (tertiary/aromatic N) is 4. The fourth-order valence-corrected chi connectivity index (χ4v) is 6.05. The molecule has 1 N–H and O–H groups in total. The largest absolute Gasteiger partial charge is 0.478 e. The van der Waals surface area contributed by atoms with E-state index in [4.69, 9.17) is 21.1 Å². The Morgan fingerprint density at radius 1 is 1.14 bits per heavy atom. The molecule has 1 saturated heterocycles. The highest BCUT2D eigenvalue weighted by Crippen LogP contribution is 2.40. The van der Waals surface area contributed by atoms with Gasteiger partial charge in [-0.05, 0) is 48.0 Å². The van der Waals surface area contributed by atoms with E-state index in [2.05, 4.69) is 15.0 Å². The highest BCUT2D eigenvalue weighted by atomic mass is 35.5. The van der Waals surface area contributed by atoms with Gasteiger partial charge in [-0.15, -0.1) is 11.3 Å². The quantitative estimate of drug-likeness (QED) is 0.196. The third-order valence-corrected chi connectivity index (χ3v) is 8.49. The lowest BCUT2D eigenvalue weighted by molar-refractivity contribution is 0.0697. The maximum absolute atomic E-state index is 15.6. The summed E-state index contributed by atoms with van der Waals surface area (Å²) in [6.07, 6.45) is 1.36. The normalized spacial score (nSPS) is 16.2. The molecular weight excluding hydrogens is 605 g/mol. The number of carbonyl (C=O) groups is 1. The number of ether oxygens (including phenoxy) is 2. The Bertz CT molecular complexity index is 1880. The Morgan fingerprint density at radius 3 is 2.65 bits per heavy atom. The van der Waals surface area contributed by atoms with Crippen molar-refractivity contribution in [2.75, 3.05) is 13.2 Å². The molecule has 1 atom stereocenters. The molecule has 3 aromatic heterocycles. The summed E-state index contributed by atoms with van der Waals surface area (Å²) in [5.41, 5.74) is 0.705. The van der Waals surface area contributed by atoms with Crippen LogP contribution in [-0.2, 0) is 17.8 Å². The summed E-state index contributed by atoms with van der Waals surface area (Å²) in [5, 5.41) is 10.1. The van der Waals surface area contributed by atoms with Crippen molar-refractivity contribution >= 4 is 39.9 Å². The van der Waals surface area contributed by atoms with Gasteiger partial charge >= 0.3 is 5.97 Å². The Morgan fingerprint density at radius 2 is 1.95 bits per heavy atom. The zero-order valence-corrected chi connectivity index (χ0v) is 24.5. The molecule has 222 valence electrons. The Hall–Kier alpha value is -4.00. The smallest absolute Gasteiger partial charge is 0.335 e. The van der Waals surface area contributed by atoms with Crippen LogP contribution in [0.4, 0.5) is 13.2 Å². The minimum absolute atomic E-state index is 0.0187. The number of carboxylic acids is 1. The SMILES string of the molecule is CC1(C)COCC1n1c(Cc2cc(F)c(-c3ccc(F)c(OCc4ncc(Cl)s4)n3)cc2F)nc2ccc(C(=O)O)cc21. The molecule has 2 aromatic carbocycles. The number of thiazole rings is 1. The highest BCUT2D eigenvalue weighted by molar-refractivity contribution is 7.15. The molecule has 13 heteroatoms. The number of hydrogen-bond donors (Lipinski definition) is 1. The van der Waals surface area contributed by atoms with Crippen LogP contribution >= 0.6 is 22.9 Å². The number of imidazole rings is 1. The molecule has 1 aliphatic rings. The van der Waals surface area contributed by atoms with Crippen LogP contribution in [-0.4, -0.2) is 43.8 Å². The van der Waals surface area contributed by atoms with Crippen molar-refractivity contribution in [2.24, 2.45) is 5.41 Å². The van der Waals surface area contributed by atoms with Crippen LogP contribution in [0.25, 0.3) is 22.3 Å².